The van der Waals surface area contributed by atoms with Crippen LogP contribution in [0, 0.1) is 0 Å². The van der Waals surface area contributed by atoms with Crippen molar-refractivity contribution in [2.75, 3.05) is 18.8 Å². The topological polar surface area (TPSA) is 72.3 Å². The molecule has 0 saturated heterocycles. The molecule has 1 aromatic rings. The summed E-state index contributed by atoms with van der Waals surface area (Å²) >= 11 is 0. The van der Waals surface area contributed by atoms with E-state index in [9.17, 15) is 4.79 Å². The molecular formula is C13H21N3O. The molecule has 0 fully saturated rings. The molecule has 0 heterocycles. The average Bonchev–Trinajstić information content (AvgIpc) is 2.25. The minimum absolute atomic E-state index is 0.287. The molecule has 0 radical (unpaired) electrons. The van der Waals surface area contributed by atoms with Crippen LogP contribution in [-0.2, 0) is 11.3 Å². The molecule has 94 valence electrons. The molecule has 0 saturated carbocycles. The van der Waals surface area contributed by atoms with Gasteiger partial charge in [-0.15, -0.1) is 0 Å². The Kier molecular flexibility index (Phi) is 5.49. The van der Waals surface area contributed by atoms with Gasteiger partial charge in [-0.1, -0.05) is 25.5 Å². The zero-order valence-corrected chi connectivity index (χ0v) is 10.4. The molecule has 1 amide bonds. The van der Waals surface area contributed by atoms with E-state index in [0.29, 0.717) is 13.1 Å². The van der Waals surface area contributed by atoms with Gasteiger partial charge in [-0.25, -0.2) is 0 Å². The van der Waals surface area contributed by atoms with Crippen LogP contribution < -0.4 is 11.5 Å². The number of nitrogens with two attached hydrogens (primary N) is 2. The molecule has 0 bridgehead atoms. The average molecular weight is 235 g/mol. The van der Waals surface area contributed by atoms with Gasteiger partial charge in [-0.3, -0.25) is 9.69 Å². The highest BCUT2D eigenvalue weighted by atomic mass is 16.1. The third-order valence-corrected chi connectivity index (χ3v) is 2.56. The Labute approximate surface area is 103 Å². The number of rotatable bonds is 7. The third kappa shape index (κ3) is 5.36. The Morgan fingerprint density at radius 2 is 2.18 bits per heavy atom. The summed E-state index contributed by atoms with van der Waals surface area (Å²) in [6.07, 6.45) is 2.17. The fraction of sp³-hybridized carbons (Fsp3) is 0.462. The number of hydrogen-bond donors (Lipinski definition) is 2. The standard InChI is InChI=1S/C13H21N3O/c1-2-3-7-16(10-13(15)17)9-11-5-4-6-12(14)8-11/h4-6,8H,2-3,7,9-10,14H2,1H3,(H2,15,17). The minimum Gasteiger partial charge on any atom is -0.399 e. The molecule has 0 atom stereocenters. The SMILES string of the molecule is CCCCN(CC(N)=O)Cc1cccc(N)c1. The third-order valence-electron chi connectivity index (χ3n) is 2.56. The highest BCUT2D eigenvalue weighted by molar-refractivity contribution is 5.75. The van der Waals surface area contributed by atoms with Crippen LogP contribution in [0.4, 0.5) is 5.69 Å². The summed E-state index contributed by atoms with van der Waals surface area (Å²) < 4.78 is 0. The van der Waals surface area contributed by atoms with E-state index in [2.05, 4.69) is 11.8 Å². The van der Waals surface area contributed by atoms with Gasteiger partial charge in [-0.05, 0) is 30.7 Å². The second-order valence-electron chi connectivity index (χ2n) is 4.28. The van der Waals surface area contributed by atoms with E-state index in [0.717, 1.165) is 30.6 Å². The van der Waals surface area contributed by atoms with E-state index >= 15 is 0 Å². The molecule has 0 unspecified atom stereocenters. The van der Waals surface area contributed by atoms with Crippen LogP contribution >= 0.6 is 0 Å². The largest absolute Gasteiger partial charge is 0.399 e. The van der Waals surface area contributed by atoms with Crippen molar-refractivity contribution in [3.63, 3.8) is 0 Å². The zero-order chi connectivity index (χ0) is 12.7. The Bertz CT molecular complexity index is 365. The van der Waals surface area contributed by atoms with Gasteiger partial charge in [0.15, 0.2) is 0 Å². The maximum atomic E-state index is 11.0. The van der Waals surface area contributed by atoms with Gasteiger partial charge in [0.2, 0.25) is 5.91 Å². The highest BCUT2D eigenvalue weighted by Gasteiger charge is 2.08. The Morgan fingerprint density at radius 1 is 1.41 bits per heavy atom. The van der Waals surface area contributed by atoms with Gasteiger partial charge < -0.3 is 11.5 Å². The molecule has 0 aliphatic heterocycles. The van der Waals surface area contributed by atoms with E-state index in [1.807, 2.05) is 24.3 Å². The van der Waals surface area contributed by atoms with Gasteiger partial charge in [-0.2, -0.15) is 0 Å². The maximum absolute atomic E-state index is 11.0. The number of primary amides is 1. The first kappa shape index (κ1) is 13.5. The first-order chi connectivity index (χ1) is 8.11. The first-order valence-corrected chi connectivity index (χ1v) is 5.97. The van der Waals surface area contributed by atoms with Crippen molar-refractivity contribution in [2.45, 2.75) is 26.3 Å². The van der Waals surface area contributed by atoms with E-state index < -0.39 is 0 Å². The minimum atomic E-state index is -0.287. The van der Waals surface area contributed by atoms with Crippen LogP contribution in [0.3, 0.4) is 0 Å². The molecular weight excluding hydrogens is 214 g/mol. The molecule has 4 nitrogen and oxygen atoms in total. The maximum Gasteiger partial charge on any atom is 0.231 e. The van der Waals surface area contributed by atoms with E-state index in [4.69, 9.17) is 11.5 Å². The van der Waals surface area contributed by atoms with Crippen molar-refractivity contribution < 1.29 is 4.79 Å². The number of anilines is 1. The molecule has 0 aliphatic rings. The van der Waals surface area contributed by atoms with Crippen LogP contribution in [-0.4, -0.2) is 23.9 Å². The number of amides is 1. The summed E-state index contributed by atoms with van der Waals surface area (Å²) in [5.41, 5.74) is 12.8. The fourth-order valence-corrected chi connectivity index (χ4v) is 1.77. The van der Waals surface area contributed by atoms with Gasteiger partial charge in [0.1, 0.15) is 0 Å². The van der Waals surface area contributed by atoms with Crippen LogP contribution in [0.15, 0.2) is 24.3 Å². The molecule has 0 spiro atoms. The molecule has 17 heavy (non-hydrogen) atoms. The van der Waals surface area contributed by atoms with Crippen LogP contribution in [0.5, 0.6) is 0 Å². The smallest absolute Gasteiger partial charge is 0.231 e. The van der Waals surface area contributed by atoms with Crippen molar-refractivity contribution >= 4 is 11.6 Å². The number of benzene rings is 1. The Hall–Kier alpha value is -1.55. The lowest BCUT2D eigenvalue weighted by Crippen LogP contribution is -2.34. The number of hydrogen-bond acceptors (Lipinski definition) is 3. The van der Waals surface area contributed by atoms with Crippen LogP contribution in [0.25, 0.3) is 0 Å². The zero-order valence-electron chi connectivity index (χ0n) is 10.4. The van der Waals surface area contributed by atoms with E-state index in [1.165, 1.54) is 0 Å². The predicted molar refractivity (Wildman–Crippen MR) is 70.2 cm³/mol. The fourth-order valence-electron chi connectivity index (χ4n) is 1.77. The Morgan fingerprint density at radius 3 is 2.76 bits per heavy atom. The number of nitrogens with zero attached hydrogens (tertiary/aromatic N) is 1. The summed E-state index contributed by atoms with van der Waals surface area (Å²) in [5, 5.41) is 0. The monoisotopic (exact) mass is 235 g/mol. The number of nitrogen functional groups attached to an aromatic ring is 1. The predicted octanol–water partition coefficient (Wildman–Crippen LogP) is 1.36. The van der Waals surface area contributed by atoms with Crippen LogP contribution in [0.2, 0.25) is 0 Å². The molecule has 4 N–H and O–H groups in total. The van der Waals surface area contributed by atoms with Crippen molar-refractivity contribution in [1.82, 2.24) is 4.90 Å². The summed E-state index contributed by atoms with van der Waals surface area (Å²) in [6.45, 7) is 4.03. The lowest BCUT2D eigenvalue weighted by Gasteiger charge is -2.20. The lowest BCUT2D eigenvalue weighted by molar-refractivity contribution is -0.119. The van der Waals surface area contributed by atoms with E-state index in [-0.39, 0.29) is 5.91 Å². The lowest BCUT2D eigenvalue weighted by atomic mass is 10.2. The summed E-state index contributed by atoms with van der Waals surface area (Å²) in [5.74, 6) is -0.287. The molecule has 4 heteroatoms. The quantitative estimate of drug-likeness (QED) is 0.701. The van der Waals surface area contributed by atoms with Gasteiger partial charge in [0.05, 0.1) is 6.54 Å². The number of unbranched alkanes of at least 4 members (excludes halogenated alkanes) is 1. The molecule has 1 aromatic carbocycles. The van der Waals surface area contributed by atoms with Crippen molar-refractivity contribution in [3.8, 4) is 0 Å². The van der Waals surface area contributed by atoms with Gasteiger partial charge >= 0.3 is 0 Å². The second kappa shape index (κ2) is 6.91. The van der Waals surface area contributed by atoms with Crippen molar-refractivity contribution in [3.05, 3.63) is 29.8 Å². The van der Waals surface area contributed by atoms with E-state index in [1.54, 1.807) is 0 Å². The number of carbonyl (C=O) groups is 1. The molecule has 1 rings (SSSR count). The summed E-state index contributed by atoms with van der Waals surface area (Å²) in [6, 6.07) is 7.72. The first-order valence-electron chi connectivity index (χ1n) is 5.97. The molecule has 0 aromatic heterocycles. The van der Waals surface area contributed by atoms with Crippen molar-refractivity contribution in [1.29, 1.82) is 0 Å². The van der Waals surface area contributed by atoms with Gasteiger partial charge in [0.25, 0.3) is 0 Å². The Balaban J connectivity index is 2.61. The number of carbonyl (C=O) groups excluding carboxylic acids is 1. The normalized spacial score (nSPS) is 10.7. The highest BCUT2D eigenvalue weighted by Crippen LogP contribution is 2.10. The summed E-state index contributed by atoms with van der Waals surface area (Å²) in [7, 11) is 0. The van der Waals surface area contributed by atoms with Crippen LogP contribution in [0.1, 0.15) is 25.3 Å². The molecule has 0 aliphatic carbocycles. The van der Waals surface area contributed by atoms with Crippen molar-refractivity contribution in [2.24, 2.45) is 5.73 Å². The summed E-state index contributed by atoms with van der Waals surface area (Å²) in [4.78, 5) is 13.0. The van der Waals surface area contributed by atoms with Gasteiger partial charge in [0, 0.05) is 12.2 Å². The second-order valence-corrected chi connectivity index (χ2v) is 4.28.